The van der Waals surface area contributed by atoms with Gasteiger partial charge in [0, 0.05) is 24.0 Å². The van der Waals surface area contributed by atoms with Crippen LogP contribution in [0, 0.1) is 5.82 Å². The summed E-state index contributed by atoms with van der Waals surface area (Å²) in [4.78, 5) is 28.6. The summed E-state index contributed by atoms with van der Waals surface area (Å²) in [5.74, 6) is -1.75. The Morgan fingerprint density at radius 3 is 2.52 bits per heavy atom. The van der Waals surface area contributed by atoms with Crippen LogP contribution in [0.1, 0.15) is 30.5 Å². The second-order valence-electron chi connectivity index (χ2n) is 6.38. The molecule has 0 atom stereocenters. The molecule has 0 saturated carbocycles. The molecule has 1 aromatic heterocycles. The maximum absolute atomic E-state index is 13.0. The lowest BCUT2D eigenvalue weighted by atomic mass is 10.0. The molecule has 0 spiro atoms. The molecule has 0 aliphatic carbocycles. The van der Waals surface area contributed by atoms with Crippen LogP contribution in [-0.4, -0.2) is 39.3 Å². The van der Waals surface area contributed by atoms with E-state index in [4.69, 9.17) is 0 Å². The van der Waals surface area contributed by atoms with Gasteiger partial charge in [0.15, 0.2) is 0 Å². The molecule has 1 aromatic carbocycles. The van der Waals surface area contributed by atoms with Crippen LogP contribution in [0.4, 0.5) is 4.39 Å². The summed E-state index contributed by atoms with van der Waals surface area (Å²) in [6.07, 6.45) is 3.78. The highest BCUT2D eigenvalue weighted by Gasteiger charge is 2.38. The molecule has 2 aromatic rings. The van der Waals surface area contributed by atoms with Crippen LogP contribution in [0.5, 0.6) is 0 Å². The number of hydrogen-bond donors (Lipinski definition) is 2. The fraction of sp³-hybridized carbons (Fsp3) is 0.263. The number of carbonyl (C=O) groups is 2. The van der Waals surface area contributed by atoms with Gasteiger partial charge < -0.3 is 15.0 Å². The molecular weight excluding hydrogens is 323 g/mol. The summed E-state index contributed by atoms with van der Waals surface area (Å²) < 4.78 is 13.0. The summed E-state index contributed by atoms with van der Waals surface area (Å²) in [6.45, 7) is 3.74. The van der Waals surface area contributed by atoms with Crippen molar-refractivity contribution in [3.63, 3.8) is 0 Å². The van der Waals surface area contributed by atoms with Crippen molar-refractivity contribution < 1.29 is 19.1 Å². The Morgan fingerprint density at radius 2 is 1.92 bits per heavy atom. The minimum atomic E-state index is -0.667. The van der Waals surface area contributed by atoms with E-state index in [1.807, 2.05) is 13.8 Å². The van der Waals surface area contributed by atoms with Crippen molar-refractivity contribution in [1.82, 2.24) is 9.88 Å². The first-order valence-corrected chi connectivity index (χ1v) is 8.06. The number of nitrogens with zero attached hydrogens (tertiary/aromatic N) is 1. The number of aromatic amines is 1. The van der Waals surface area contributed by atoms with E-state index in [0.29, 0.717) is 12.0 Å². The van der Waals surface area contributed by atoms with Crippen LogP contribution in [0.2, 0.25) is 0 Å². The number of aromatic nitrogens is 1. The predicted octanol–water partition coefficient (Wildman–Crippen LogP) is 2.83. The Labute approximate surface area is 144 Å². The molecule has 2 N–H and O–H groups in total. The van der Waals surface area contributed by atoms with Crippen LogP contribution in [0.25, 0.3) is 5.76 Å². The monoisotopic (exact) mass is 342 g/mol. The first-order chi connectivity index (χ1) is 11.9. The largest absolute Gasteiger partial charge is 0.507 e. The van der Waals surface area contributed by atoms with Crippen molar-refractivity contribution in [3.05, 3.63) is 64.7 Å². The number of nitrogens with one attached hydrogen (secondary N) is 1. The highest BCUT2D eigenvalue weighted by molar-refractivity contribution is 6.46. The zero-order chi connectivity index (χ0) is 18.1. The van der Waals surface area contributed by atoms with E-state index >= 15 is 0 Å². The van der Waals surface area contributed by atoms with Gasteiger partial charge in [-0.05, 0) is 43.5 Å². The van der Waals surface area contributed by atoms with Crippen molar-refractivity contribution in [3.8, 4) is 0 Å². The van der Waals surface area contributed by atoms with E-state index in [-0.39, 0.29) is 29.7 Å². The highest BCUT2D eigenvalue weighted by atomic mass is 19.1. The molecule has 1 fully saturated rings. The normalized spacial score (nSPS) is 16.9. The number of likely N-dealkylation sites (tertiary alicyclic amines) is 1. The minimum Gasteiger partial charge on any atom is -0.507 e. The summed E-state index contributed by atoms with van der Waals surface area (Å²) in [5.41, 5.74) is 2.22. The number of aliphatic hydroxyl groups excluding tert-OH is 1. The van der Waals surface area contributed by atoms with Gasteiger partial charge in [-0.1, -0.05) is 12.1 Å². The molecule has 5 nitrogen and oxygen atoms in total. The van der Waals surface area contributed by atoms with E-state index < -0.39 is 11.7 Å². The van der Waals surface area contributed by atoms with E-state index in [1.54, 1.807) is 24.5 Å². The van der Waals surface area contributed by atoms with Crippen molar-refractivity contribution in [2.75, 3.05) is 6.54 Å². The SMILES string of the molecule is CC(C)N1C/C(=C(/O)c2c[nH]cc2Cc2ccc(F)cc2)C(=O)C1=O. The number of hydrogen-bond acceptors (Lipinski definition) is 3. The summed E-state index contributed by atoms with van der Waals surface area (Å²) >= 11 is 0. The standard InChI is InChI=1S/C19H19FN2O3/c1-11(2)22-10-16(18(24)19(22)25)17(23)15-9-21-8-13(15)7-12-3-5-14(20)6-4-12/h3-6,8-9,11,21,23H,7,10H2,1-2H3/b17-16-. The molecule has 0 unspecified atom stereocenters. The molecule has 1 saturated heterocycles. The third-order valence-electron chi connectivity index (χ3n) is 4.36. The molecule has 25 heavy (non-hydrogen) atoms. The van der Waals surface area contributed by atoms with Crippen LogP contribution in [0.3, 0.4) is 0 Å². The molecule has 0 radical (unpaired) electrons. The van der Waals surface area contributed by atoms with Gasteiger partial charge >= 0.3 is 0 Å². The summed E-state index contributed by atoms with van der Waals surface area (Å²) in [6, 6.07) is 5.97. The first-order valence-electron chi connectivity index (χ1n) is 8.06. The zero-order valence-electron chi connectivity index (χ0n) is 14.0. The Bertz CT molecular complexity index is 850. The Balaban J connectivity index is 1.92. The lowest BCUT2D eigenvalue weighted by Gasteiger charge is -2.18. The highest BCUT2D eigenvalue weighted by Crippen LogP contribution is 2.27. The lowest BCUT2D eigenvalue weighted by Crippen LogP contribution is -2.33. The van der Waals surface area contributed by atoms with Gasteiger partial charge in [0.1, 0.15) is 11.6 Å². The van der Waals surface area contributed by atoms with Crippen LogP contribution in [0.15, 0.2) is 42.2 Å². The number of amides is 1. The van der Waals surface area contributed by atoms with Gasteiger partial charge in [0.05, 0.1) is 12.1 Å². The van der Waals surface area contributed by atoms with Gasteiger partial charge in [-0.15, -0.1) is 0 Å². The molecule has 1 amide bonds. The molecule has 1 aliphatic rings. The molecule has 1 aliphatic heterocycles. The van der Waals surface area contributed by atoms with Gasteiger partial charge in [-0.25, -0.2) is 4.39 Å². The summed E-state index contributed by atoms with van der Waals surface area (Å²) in [5, 5.41) is 10.6. The number of halogens is 1. The predicted molar refractivity (Wildman–Crippen MR) is 91.4 cm³/mol. The number of Topliss-reactive ketones (excluding diaryl/α,β-unsaturated/α-hetero) is 1. The van der Waals surface area contributed by atoms with Gasteiger partial charge in [0.2, 0.25) is 0 Å². The number of aliphatic hydroxyl groups is 1. The number of carbonyl (C=O) groups excluding carboxylic acids is 2. The third-order valence-corrected chi connectivity index (χ3v) is 4.36. The second kappa shape index (κ2) is 6.55. The second-order valence-corrected chi connectivity index (χ2v) is 6.38. The van der Waals surface area contributed by atoms with Crippen molar-refractivity contribution in [2.24, 2.45) is 0 Å². The van der Waals surface area contributed by atoms with Crippen LogP contribution >= 0.6 is 0 Å². The van der Waals surface area contributed by atoms with Crippen molar-refractivity contribution in [1.29, 1.82) is 0 Å². The maximum Gasteiger partial charge on any atom is 0.295 e. The maximum atomic E-state index is 13.0. The van der Waals surface area contributed by atoms with Crippen molar-refractivity contribution >= 4 is 17.4 Å². The van der Waals surface area contributed by atoms with Gasteiger partial charge in [-0.3, -0.25) is 9.59 Å². The number of rotatable bonds is 4. The topological polar surface area (TPSA) is 73.4 Å². The van der Waals surface area contributed by atoms with Gasteiger partial charge in [-0.2, -0.15) is 0 Å². The lowest BCUT2D eigenvalue weighted by molar-refractivity contribution is -0.140. The Kier molecular flexibility index (Phi) is 4.44. The molecule has 2 heterocycles. The number of benzene rings is 1. The number of ketones is 1. The van der Waals surface area contributed by atoms with Gasteiger partial charge in [0.25, 0.3) is 11.7 Å². The molecule has 0 bridgehead atoms. The summed E-state index contributed by atoms with van der Waals surface area (Å²) in [7, 11) is 0. The fourth-order valence-electron chi connectivity index (χ4n) is 2.92. The van der Waals surface area contributed by atoms with E-state index in [2.05, 4.69) is 4.98 Å². The van der Waals surface area contributed by atoms with E-state index in [9.17, 15) is 19.1 Å². The van der Waals surface area contributed by atoms with E-state index in [1.165, 1.54) is 17.0 Å². The average Bonchev–Trinajstić information content (AvgIpc) is 3.15. The molecular formula is C19H19FN2O3. The Hall–Kier alpha value is -2.89. The van der Waals surface area contributed by atoms with Crippen LogP contribution in [-0.2, 0) is 16.0 Å². The molecule has 130 valence electrons. The fourth-order valence-corrected chi connectivity index (χ4v) is 2.92. The average molecular weight is 342 g/mol. The molecule has 3 rings (SSSR count). The van der Waals surface area contributed by atoms with E-state index in [0.717, 1.165) is 11.1 Å². The van der Waals surface area contributed by atoms with Crippen LogP contribution < -0.4 is 0 Å². The zero-order valence-corrected chi connectivity index (χ0v) is 14.0. The number of H-pyrrole nitrogens is 1. The minimum absolute atomic E-state index is 0.0995. The first kappa shape index (κ1) is 17.0. The quantitative estimate of drug-likeness (QED) is 0.510. The Morgan fingerprint density at radius 1 is 1.24 bits per heavy atom. The smallest absolute Gasteiger partial charge is 0.295 e. The van der Waals surface area contributed by atoms with Crippen molar-refractivity contribution in [2.45, 2.75) is 26.3 Å². The third kappa shape index (κ3) is 3.20. The molecule has 6 heteroatoms.